The van der Waals surface area contributed by atoms with E-state index in [9.17, 15) is 9.59 Å². The fourth-order valence-electron chi connectivity index (χ4n) is 2.31. The van der Waals surface area contributed by atoms with Gasteiger partial charge >= 0.3 is 6.09 Å². The van der Waals surface area contributed by atoms with E-state index >= 15 is 0 Å². The Morgan fingerprint density at radius 2 is 1.56 bits per heavy atom. The summed E-state index contributed by atoms with van der Waals surface area (Å²) in [6.45, 7) is 2.38. The van der Waals surface area contributed by atoms with E-state index in [0.717, 1.165) is 18.4 Å². The van der Waals surface area contributed by atoms with Crippen LogP contribution in [0.4, 0.5) is 4.79 Å². The van der Waals surface area contributed by atoms with E-state index in [1.54, 1.807) is 6.92 Å². The summed E-state index contributed by atoms with van der Waals surface area (Å²) in [4.78, 5) is 23.7. The molecule has 0 heterocycles. The van der Waals surface area contributed by atoms with Gasteiger partial charge in [-0.1, -0.05) is 60.7 Å². The first kappa shape index (κ1) is 18.5. The zero-order chi connectivity index (χ0) is 17.9. The third-order valence-electron chi connectivity index (χ3n) is 3.72. The van der Waals surface area contributed by atoms with Crippen LogP contribution in [-0.4, -0.2) is 24.6 Å². The molecule has 5 nitrogen and oxygen atoms in total. The molecule has 0 saturated heterocycles. The predicted octanol–water partition coefficient (Wildman–Crippen LogP) is 3.05. The Kier molecular flexibility index (Phi) is 7.50. The van der Waals surface area contributed by atoms with Crippen LogP contribution >= 0.6 is 0 Å². The van der Waals surface area contributed by atoms with Gasteiger partial charge in [0.15, 0.2) is 0 Å². The Morgan fingerprint density at radius 3 is 2.20 bits per heavy atom. The Hall–Kier alpha value is -2.82. The van der Waals surface area contributed by atoms with Crippen molar-refractivity contribution < 1.29 is 14.3 Å². The molecule has 2 aromatic rings. The van der Waals surface area contributed by atoms with Crippen LogP contribution in [0.25, 0.3) is 0 Å². The van der Waals surface area contributed by atoms with Crippen LogP contribution in [-0.2, 0) is 22.6 Å². The highest BCUT2D eigenvalue weighted by Gasteiger charge is 2.15. The molecule has 0 aliphatic heterocycles. The summed E-state index contributed by atoms with van der Waals surface area (Å²) >= 11 is 0. The summed E-state index contributed by atoms with van der Waals surface area (Å²) in [6.07, 6.45) is 1.15. The Labute approximate surface area is 148 Å². The van der Waals surface area contributed by atoms with E-state index in [4.69, 9.17) is 4.74 Å². The second-order valence-electron chi connectivity index (χ2n) is 5.81. The van der Waals surface area contributed by atoms with Crippen molar-refractivity contribution >= 4 is 12.0 Å². The van der Waals surface area contributed by atoms with Gasteiger partial charge in [0.1, 0.15) is 12.6 Å². The normalized spacial score (nSPS) is 11.4. The number of alkyl carbamates (subject to hydrolysis) is 1. The summed E-state index contributed by atoms with van der Waals surface area (Å²) in [5.41, 5.74) is 2.14. The molecule has 1 unspecified atom stereocenters. The number of hydrogen-bond acceptors (Lipinski definition) is 3. The first-order valence-electron chi connectivity index (χ1n) is 8.44. The van der Waals surface area contributed by atoms with Gasteiger partial charge in [-0.15, -0.1) is 0 Å². The zero-order valence-corrected chi connectivity index (χ0v) is 14.4. The maximum Gasteiger partial charge on any atom is 0.408 e. The molecule has 2 amide bonds. The first-order valence-corrected chi connectivity index (χ1v) is 8.44. The predicted molar refractivity (Wildman–Crippen MR) is 97.0 cm³/mol. The third kappa shape index (κ3) is 7.08. The number of nitrogens with one attached hydrogen (secondary N) is 2. The molecule has 0 aromatic heterocycles. The molecule has 2 aromatic carbocycles. The number of hydrogen-bond donors (Lipinski definition) is 2. The fraction of sp³-hybridized carbons (Fsp3) is 0.300. The van der Waals surface area contributed by atoms with Gasteiger partial charge in [-0.3, -0.25) is 4.79 Å². The second-order valence-corrected chi connectivity index (χ2v) is 5.81. The van der Waals surface area contributed by atoms with Gasteiger partial charge in [-0.05, 0) is 30.9 Å². The third-order valence-corrected chi connectivity index (χ3v) is 3.72. The SMILES string of the molecule is CC(NC(=O)OCc1ccccc1)C(=O)NCCCc1ccccc1. The number of rotatable bonds is 8. The van der Waals surface area contributed by atoms with Gasteiger partial charge < -0.3 is 15.4 Å². The van der Waals surface area contributed by atoms with E-state index in [1.807, 2.05) is 48.5 Å². The van der Waals surface area contributed by atoms with Crippen molar-refractivity contribution in [3.05, 3.63) is 71.8 Å². The molecular formula is C20H24N2O3. The van der Waals surface area contributed by atoms with Gasteiger partial charge in [-0.2, -0.15) is 0 Å². The molecule has 0 bridgehead atoms. The van der Waals surface area contributed by atoms with E-state index in [-0.39, 0.29) is 12.5 Å². The number of ether oxygens (including phenoxy) is 1. The minimum absolute atomic E-state index is 0.179. The Balaban J connectivity index is 1.61. The van der Waals surface area contributed by atoms with Gasteiger partial charge in [-0.25, -0.2) is 4.79 Å². The number of carbonyl (C=O) groups excluding carboxylic acids is 2. The van der Waals surface area contributed by atoms with E-state index in [1.165, 1.54) is 5.56 Å². The van der Waals surface area contributed by atoms with Gasteiger partial charge in [0.25, 0.3) is 0 Å². The molecule has 132 valence electrons. The lowest BCUT2D eigenvalue weighted by atomic mass is 10.1. The van der Waals surface area contributed by atoms with Crippen LogP contribution in [0.15, 0.2) is 60.7 Å². The maximum atomic E-state index is 12.0. The molecule has 0 radical (unpaired) electrons. The molecule has 2 rings (SSSR count). The van der Waals surface area contributed by atoms with Crippen molar-refractivity contribution in [2.24, 2.45) is 0 Å². The molecule has 0 aliphatic carbocycles. The van der Waals surface area contributed by atoms with Crippen LogP contribution in [0, 0.1) is 0 Å². The lowest BCUT2D eigenvalue weighted by Gasteiger charge is -2.14. The monoisotopic (exact) mass is 340 g/mol. The lowest BCUT2D eigenvalue weighted by Crippen LogP contribution is -2.45. The average molecular weight is 340 g/mol. The van der Waals surface area contributed by atoms with Crippen LogP contribution in [0.3, 0.4) is 0 Å². The summed E-state index contributed by atoms with van der Waals surface area (Å²) in [5.74, 6) is -0.218. The molecule has 0 aliphatic rings. The highest BCUT2D eigenvalue weighted by Crippen LogP contribution is 2.02. The number of benzene rings is 2. The van der Waals surface area contributed by atoms with Crippen molar-refractivity contribution in [1.29, 1.82) is 0 Å². The maximum absolute atomic E-state index is 12.0. The summed E-state index contributed by atoms with van der Waals surface area (Å²) in [6, 6.07) is 18.9. The molecule has 0 spiro atoms. The van der Waals surface area contributed by atoms with Crippen LogP contribution in [0.1, 0.15) is 24.5 Å². The van der Waals surface area contributed by atoms with Crippen LogP contribution < -0.4 is 10.6 Å². The number of aryl methyl sites for hydroxylation is 1. The molecular weight excluding hydrogens is 316 g/mol. The van der Waals surface area contributed by atoms with Crippen molar-refractivity contribution in [3.63, 3.8) is 0 Å². The van der Waals surface area contributed by atoms with Gasteiger partial charge in [0.05, 0.1) is 0 Å². The molecule has 0 fully saturated rings. The van der Waals surface area contributed by atoms with Crippen molar-refractivity contribution in [2.45, 2.75) is 32.4 Å². The first-order chi connectivity index (χ1) is 12.1. The van der Waals surface area contributed by atoms with Gasteiger partial charge in [0.2, 0.25) is 5.91 Å². The molecule has 1 atom stereocenters. The Morgan fingerprint density at radius 1 is 0.960 bits per heavy atom. The Bertz CT molecular complexity index is 659. The van der Waals surface area contributed by atoms with E-state index in [2.05, 4.69) is 22.8 Å². The van der Waals surface area contributed by atoms with Crippen LogP contribution in [0.2, 0.25) is 0 Å². The standard InChI is InChI=1S/C20H24N2O3/c1-16(22-20(24)25-15-18-11-6-3-7-12-18)19(23)21-14-8-13-17-9-4-2-5-10-17/h2-7,9-12,16H,8,13-15H2,1H3,(H,21,23)(H,22,24). The van der Waals surface area contributed by atoms with Gasteiger partial charge in [0, 0.05) is 6.54 Å². The summed E-state index contributed by atoms with van der Waals surface area (Å²) in [5, 5.41) is 5.36. The highest BCUT2D eigenvalue weighted by atomic mass is 16.5. The summed E-state index contributed by atoms with van der Waals surface area (Å²) in [7, 11) is 0. The zero-order valence-electron chi connectivity index (χ0n) is 14.4. The number of amides is 2. The average Bonchev–Trinajstić information content (AvgIpc) is 2.65. The number of carbonyl (C=O) groups is 2. The molecule has 2 N–H and O–H groups in total. The molecule has 0 saturated carbocycles. The van der Waals surface area contributed by atoms with Crippen molar-refractivity contribution in [3.8, 4) is 0 Å². The second kappa shape index (κ2) is 10.1. The van der Waals surface area contributed by atoms with E-state index < -0.39 is 12.1 Å². The van der Waals surface area contributed by atoms with Crippen molar-refractivity contribution in [2.75, 3.05) is 6.54 Å². The van der Waals surface area contributed by atoms with Crippen LogP contribution in [0.5, 0.6) is 0 Å². The molecule has 5 heteroatoms. The minimum Gasteiger partial charge on any atom is -0.445 e. The smallest absolute Gasteiger partial charge is 0.408 e. The summed E-state index contributed by atoms with van der Waals surface area (Å²) < 4.78 is 5.10. The quantitative estimate of drug-likeness (QED) is 0.726. The topological polar surface area (TPSA) is 67.4 Å². The fourth-order valence-corrected chi connectivity index (χ4v) is 2.31. The minimum atomic E-state index is -0.639. The van der Waals surface area contributed by atoms with E-state index in [0.29, 0.717) is 6.54 Å². The van der Waals surface area contributed by atoms with Crippen molar-refractivity contribution in [1.82, 2.24) is 10.6 Å². The largest absolute Gasteiger partial charge is 0.445 e. The molecule has 25 heavy (non-hydrogen) atoms. The lowest BCUT2D eigenvalue weighted by molar-refractivity contribution is -0.122. The highest BCUT2D eigenvalue weighted by molar-refractivity contribution is 5.85.